The number of aryl methyl sites for hydroxylation is 1. The number of nitrogens with zero attached hydrogens (tertiary/aromatic N) is 4. The normalized spacial score (nSPS) is 11.0. The van der Waals surface area contributed by atoms with Gasteiger partial charge in [0, 0.05) is 27.9 Å². The maximum Gasteiger partial charge on any atom is 0.256 e. The van der Waals surface area contributed by atoms with Crippen LogP contribution in [-0.2, 0) is 13.1 Å². The SMILES string of the molecule is Cc1nn(Cc2cccc(C(=O)Nc3ccn(Cc4ccc(Cl)cc4Cl)n3)c2)c(C)c1Cl. The average molecular weight is 489 g/mol. The van der Waals surface area contributed by atoms with E-state index in [4.69, 9.17) is 34.8 Å². The second-order valence-corrected chi connectivity index (χ2v) is 8.65. The van der Waals surface area contributed by atoms with E-state index in [0.29, 0.717) is 39.5 Å². The minimum Gasteiger partial charge on any atom is -0.305 e. The molecule has 0 atom stereocenters. The van der Waals surface area contributed by atoms with Crippen LogP contribution in [0, 0.1) is 13.8 Å². The molecule has 0 aliphatic carbocycles. The van der Waals surface area contributed by atoms with Crippen molar-refractivity contribution >= 4 is 46.5 Å². The summed E-state index contributed by atoms with van der Waals surface area (Å²) in [4.78, 5) is 12.8. The van der Waals surface area contributed by atoms with E-state index in [-0.39, 0.29) is 5.91 Å². The molecular weight excluding hydrogens is 469 g/mol. The fraction of sp³-hybridized carbons (Fsp3) is 0.174. The average Bonchev–Trinajstić information content (AvgIpc) is 3.30. The van der Waals surface area contributed by atoms with Gasteiger partial charge in [0.25, 0.3) is 5.91 Å². The van der Waals surface area contributed by atoms with Gasteiger partial charge in [0.15, 0.2) is 5.82 Å². The highest BCUT2D eigenvalue weighted by atomic mass is 35.5. The lowest BCUT2D eigenvalue weighted by molar-refractivity contribution is 0.102. The number of benzene rings is 2. The lowest BCUT2D eigenvalue weighted by Crippen LogP contribution is -2.14. The highest BCUT2D eigenvalue weighted by Gasteiger charge is 2.12. The van der Waals surface area contributed by atoms with Crippen molar-refractivity contribution in [2.45, 2.75) is 26.9 Å². The number of halogens is 3. The van der Waals surface area contributed by atoms with Crippen molar-refractivity contribution < 1.29 is 4.79 Å². The van der Waals surface area contributed by atoms with Crippen molar-refractivity contribution in [3.8, 4) is 0 Å². The highest BCUT2D eigenvalue weighted by Crippen LogP contribution is 2.22. The van der Waals surface area contributed by atoms with Crippen molar-refractivity contribution in [2.75, 3.05) is 5.32 Å². The molecule has 0 aliphatic heterocycles. The molecule has 164 valence electrons. The van der Waals surface area contributed by atoms with Gasteiger partial charge in [-0.15, -0.1) is 0 Å². The molecule has 1 N–H and O–H groups in total. The summed E-state index contributed by atoms with van der Waals surface area (Å²) < 4.78 is 3.53. The molecular formula is C23H20Cl3N5O. The van der Waals surface area contributed by atoms with Crippen molar-refractivity contribution in [2.24, 2.45) is 0 Å². The van der Waals surface area contributed by atoms with Crippen LogP contribution in [0.5, 0.6) is 0 Å². The van der Waals surface area contributed by atoms with Gasteiger partial charge in [-0.05, 0) is 49.2 Å². The van der Waals surface area contributed by atoms with E-state index in [1.807, 2.05) is 42.8 Å². The van der Waals surface area contributed by atoms with Crippen LogP contribution in [0.15, 0.2) is 54.7 Å². The number of carbonyl (C=O) groups excluding carboxylic acids is 1. The minimum atomic E-state index is -0.243. The fourth-order valence-electron chi connectivity index (χ4n) is 3.34. The summed E-state index contributed by atoms with van der Waals surface area (Å²) in [5.74, 6) is 0.212. The molecule has 0 radical (unpaired) electrons. The van der Waals surface area contributed by atoms with E-state index in [2.05, 4.69) is 15.5 Å². The van der Waals surface area contributed by atoms with Crippen LogP contribution in [0.4, 0.5) is 5.82 Å². The number of carbonyl (C=O) groups is 1. The van der Waals surface area contributed by atoms with Gasteiger partial charge in [-0.1, -0.05) is 53.0 Å². The van der Waals surface area contributed by atoms with E-state index in [9.17, 15) is 4.79 Å². The van der Waals surface area contributed by atoms with Gasteiger partial charge < -0.3 is 5.32 Å². The van der Waals surface area contributed by atoms with E-state index in [1.54, 1.807) is 35.1 Å². The Morgan fingerprint density at radius 2 is 1.81 bits per heavy atom. The topological polar surface area (TPSA) is 64.7 Å². The van der Waals surface area contributed by atoms with Crippen LogP contribution < -0.4 is 5.32 Å². The van der Waals surface area contributed by atoms with E-state index >= 15 is 0 Å². The van der Waals surface area contributed by atoms with Gasteiger partial charge in [0.05, 0.1) is 29.5 Å². The molecule has 0 aliphatic rings. The van der Waals surface area contributed by atoms with Crippen LogP contribution in [0.1, 0.15) is 32.9 Å². The number of nitrogens with one attached hydrogen (secondary N) is 1. The lowest BCUT2D eigenvalue weighted by Gasteiger charge is -2.08. The Morgan fingerprint density at radius 3 is 2.53 bits per heavy atom. The Kier molecular flexibility index (Phi) is 6.55. The van der Waals surface area contributed by atoms with Gasteiger partial charge in [-0.2, -0.15) is 10.2 Å². The van der Waals surface area contributed by atoms with Crippen LogP contribution in [0.3, 0.4) is 0 Å². The number of aromatic nitrogens is 4. The second-order valence-electron chi connectivity index (χ2n) is 7.43. The third-order valence-corrected chi connectivity index (χ3v) is 6.18. The summed E-state index contributed by atoms with van der Waals surface area (Å²) >= 11 is 18.4. The quantitative estimate of drug-likeness (QED) is 0.362. The number of hydrogen-bond donors (Lipinski definition) is 1. The van der Waals surface area contributed by atoms with Gasteiger partial charge in [-0.3, -0.25) is 14.2 Å². The smallest absolute Gasteiger partial charge is 0.256 e. The summed E-state index contributed by atoms with van der Waals surface area (Å²) in [7, 11) is 0. The van der Waals surface area contributed by atoms with Crippen LogP contribution in [0.2, 0.25) is 15.1 Å². The molecule has 0 saturated heterocycles. The van der Waals surface area contributed by atoms with Gasteiger partial charge >= 0.3 is 0 Å². The molecule has 0 unspecified atom stereocenters. The molecule has 4 rings (SSSR count). The Labute approximate surface area is 200 Å². The Morgan fingerprint density at radius 1 is 1.00 bits per heavy atom. The largest absolute Gasteiger partial charge is 0.305 e. The van der Waals surface area contributed by atoms with E-state index in [0.717, 1.165) is 22.5 Å². The van der Waals surface area contributed by atoms with Crippen molar-refractivity contribution in [3.63, 3.8) is 0 Å². The molecule has 2 aromatic heterocycles. The zero-order valence-electron chi connectivity index (χ0n) is 17.4. The van der Waals surface area contributed by atoms with Crippen molar-refractivity contribution in [1.29, 1.82) is 0 Å². The summed E-state index contributed by atoms with van der Waals surface area (Å²) in [5.41, 5.74) is 4.04. The molecule has 2 heterocycles. The molecule has 0 saturated carbocycles. The molecule has 0 bridgehead atoms. The van der Waals surface area contributed by atoms with E-state index < -0.39 is 0 Å². The molecule has 4 aromatic rings. The summed E-state index contributed by atoms with van der Waals surface area (Å²) in [6.07, 6.45) is 1.78. The van der Waals surface area contributed by atoms with Crippen molar-refractivity contribution in [1.82, 2.24) is 19.6 Å². The Hall–Kier alpha value is -2.80. The molecule has 9 heteroatoms. The highest BCUT2D eigenvalue weighted by molar-refractivity contribution is 6.35. The molecule has 6 nitrogen and oxygen atoms in total. The molecule has 0 spiro atoms. The number of amides is 1. The molecule has 2 aromatic carbocycles. The molecule has 1 amide bonds. The molecule has 0 fully saturated rings. The third kappa shape index (κ3) is 4.99. The third-order valence-electron chi connectivity index (χ3n) is 5.04. The monoisotopic (exact) mass is 487 g/mol. The van der Waals surface area contributed by atoms with Gasteiger partial charge in [0.2, 0.25) is 0 Å². The summed E-state index contributed by atoms with van der Waals surface area (Å²) in [6, 6.07) is 14.5. The zero-order valence-corrected chi connectivity index (χ0v) is 19.7. The predicted octanol–water partition coefficient (Wildman–Crippen LogP) is 6.01. The maximum atomic E-state index is 12.8. The molecule has 32 heavy (non-hydrogen) atoms. The summed E-state index contributed by atoms with van der Waals surface area (Å²) in [6.45, 7) is 4.78. The number of rotatable bonds is 6. The first-order valence-corrected chi connectivity index (χ1v) is 11.0. The van der Waals surface area contributed by atoms with Crippen LogP contribution >= 0.6 is 34.8 Å². The Balaban J connectivity index is 1.44. The van der Waals surface area contributed by atoms with Crippen molar-refractivity contribution in [3.05, 3.63) is 97.9 Å². The van der Waals surface area contributed by atoms with Gasteiger partial charge in [-0.25, -0.2) is 0 Å². The number of anilines is 1. The second kappa shape index (κ2) is 9.36. The standard InChI is InChI=1S/C23H20Cl3N5O/c1-14-22(26)15(2)31(28-14)12-16-4-3-5-17(10-16)23(32)27-21-8-9-30(29-21)13-18-6-7-19(24)11-20(18)25/h3-11H,12-13H2,1-2H3,(H,27,29,32). The lowest BCUT2D eigenvalue weighted by atomic mass is 10.1. The minimum absolute atomic E-state index is 0.243. The van der Waals surface area contributed by atoms with Crippen LogP contribution in [0.25, 0.3) is 0 Å². The zero-order chi connectivity index (χ0) is 22.8. The Bertz CT molecular complexity index is 1290. The van der Waals surface area contributed by atoms with E-state index in [1.165, 1.54) is 0 Å². The predicted molar refractivity (Wildman–Crippen MR) is 128 cm³/mol. The first kappa shape index (κ1) is 22.4. The maximum absolute atomic E-state index is 12.8. The summed E-state index contributed by atoms with van der Waals surface area (Å²) in [5, 5.41) is 13.5. The van der Waals surface area contributed by atoms with Gasteiger partial charge in [0.1, 0.15) is 0 Å². The van der Waals surface area contributed by atoms with Crippen LogP contribution in [-0.4, -0.2) is 25.5 Å². The first-order valence-electron chi connectivity index (χ1n) is 9.87. The number of hydrogen-bond acceptors (Lipinski definition) is 3. The fourth-order valence-corrected chi connectivity index (χ4v) is 3.95. The first-order chi connectivity index (χ1) is 15.3.